The van der Waals surface area contributed by atoms with Crippen molar-refractivity contribution in [2.24, 2.45) is 0 Å². The molecule has 3 rings (SSSR count). The first kappa shape index (κ1) is 33.6. The molecule has 0 saturated heterocycles. The van der Waals surface area contributed by atoms with Crippen molar-refractivity contribution in [1.82, 2.24) is 25.6 Å². The van der Waals surface area contributed by atoms with Crippen molar-refractivity contribution in [2.45, 2.75) is 59.1 Å². The van der Waals surface area contributed by atoms with E-state index < -0.39 is 11.7 Å². The second-order valence-electron chi connectivity index (χ2n) is 10.6. The topological polar surface area (TPSA) is 137 Å². The van der Waals surface area contributed by atoms with Gasteiger partial charge >= 0.3 is 12.1 Å². The number of hydrogen-bond donors (Lipinski definition) is 3. The highest BCUT2D eigenvalue weighted by atomic mass is 79.9. The van der Waals surface area contributed by atoms with Gasteiger partial charge in [0, 0.05) is 36.9 Å². The molecule has 12 heteroatoms. The molecule has 0 aliphatic rings. The standard InChI is InChI=1S/C31H41BrN6O5/c1-5-41-29-37-26(36-28(38-29)35-21-23-10-14-25(15-11-23)42-19-16-32)20-22-8-12-24(13-9-22)27(39)33-17-6-7-18-34-30(40)43-31(2,3)4/h8-15H,5-7,16-21H2,1-4H3,(H,33,39)(H,34,40)(H,35,36,37,38). The van der Waals surface area contributed by atoms with Crippen LogP contribution < -0.4 is 25.4 Å². The molecule has 232 valence electrons. The first-order valence-electron chi connectivity index (χ1n) is 14.4. The van der Waals surface area contributed by atoms with E-state index in [0.717, 1.165) is 35.0 Å². The predicted molar refractivity (Wildman–Crippen MR) is 169 cm³/mol. The zero-order valence-electron chi connectivity index (χ0n) is 25.2. The van der Waals surface area contributed by atoms with Crippen LogP contribution in [0.1, 0.15) is 67.8 Å². The third kappa shape index (κ3) is 12.9. The van der Waals surface area contributed by atoms with Gasteiger partial charge in [-0.15, -0.1) is 0 Å². The molecular formula is C31H41BrN6O5. The molecule has 0 saturated carbocycles. The Balaban J connectivity index is 1.48. The zero-order chi connectivity index (χ0) is 31.1. The predicted octanol–water partition coefficient (Wildman–Crippen LogP) is 5.28. The minimum Gasteiger partial charge on any atom is -0.493 e. The zero-order valence-corrected chi connectivity index (χ0v) is 26.8. The summed E-state index contributed by atoms with van der Waals surface area (Å²) < 4.78 is 16.4. The fourth-order valence-corrected chi connectivity index (χ4v) is 3.97. The first-order valence-corrected chi connectivity index (χ1v) is 15.5. The average molecular weight is 658 g/mol. The molecule has 0 radical (unpaired) electrons. The molecule has 3 N–H and O–H groups in total. The van der Waals surface area contributed by atoms with Crippen LogP contribution in [0.25, 0.3) is 0 Å². The molecule has 0 unspecified atom stereocenters. The number of amides is 2. The van der Waals surface area contributed by atoms with E-state index in [0.29, 0.717) is 56.6 Å². The number of ether oxygens (including phenoxy) is 3. The third-order valence-electron chi connectivity index (χ3n) is 5.79. The molecule has 2 amide bonds. The van der Waals surface area contributed by atoms with Crippen LogP contribution in [0.4, 0.5) is 10.7 Å². The Morgan fingerprint density at radius 3 is 2.19 bits per heavy atom. The molecule has 0 fully saturated rings. The van der Waals surface area contributed by atoms with Gasteiger partial charge in [0.05, 0.1) is 13.2 Å². The van der Waals surface area contributed by atoms with E-state index in [4.69, 9.17) is 14.2 Å². The number of anilines is 1. The number of rotatable bonds is 16. The van der Waals surface area contributed by atoms with E-state index in [1.807, 2.05) is 64.1 Å². The van der Waals surface area contributed by atoms with Crippen LogP contribution in [0.3, 0.4) is 0 Å². The number of carbonyl (C=O) groups excluding carboxylic acids is 2. The largest absolute Gasteiger partial charge is 0.493 e. The molecule has 3 aromatic rings. The van der Waals surface area contributed by atoms with Crippen molar-refractivity contribution in [1.29, 1.82) is 0 Å². The SMILES string of the molecule is CCOc1nc(Cc2ccc(C(=O)NCCCCNC(=O)OC(C)(C)C)cc2)nc(NCc2ccc(OCCBr)cc2)n1. The fourth-order valence-electron chi connectivity index (χ4n) is 3.81. The second kappa shape index (κ2) is 17.3. The quantitative estimate of drug-likeness (QED) is 0.139. The van der Waals surface area contributed by atoms with E-state index in [-0.39, 0.29) is 11.9 Å². The maximum Gasteiger partial charge on any atom is 0.407 e. The molecule has 0 spiro atoms. The van der Waals surface area contributed by atoms with E-state index in [9.17, 15) is 9.59 Å². The molecule has 0 bridgehead atoms. The van der Waals surface area contributed by atoms with Crippen LogP contribution >= 0.6 is 15.9 Å². The van der Waals surface area contributed by atoms with Gasteiger partial charge in [-0.3, -0.25) is 4.79 Å². The van der Waals surface area contributed by atoms with Crippen molar-refractivity contribution in [3.63, 3.8) is 0 Å². The van der Waals surface area contributed by atoms with Crippen molar-refractivity contribution >= 4 is 33.9 Å². The van der Waals surface area contributed by atoms with Crippen molar-refractivity contribution in [3.05, 3.63) is 71.0 Å². The van der Waals surface area contributed by atoms with Gasteiger partial charge in [-0.25, -0.2) is 4.79 Å². The Morgan fingerprint density at radius 2 is 1.53 bits per heavy atom. The maximum absolute atomic E-state index is 12.6. The van der Waals surface area contributed by atoms with Gasteiger partial charge in [0.25, 0.3) is 5.91 Å². The van der Waals surface area contributed by atoms with Gasteiger partial charge in [0.2, 0.25) is 5.95 Å². The lowest BCUT2D eigenvalue weighted by Gasteiger charge is -2.19. The monoisotopic (exact) mass is 656 g/mol. The van der Waals surface area contributed by atoms with Gasteiger partial charge in [-0.2, -0.15) is 15.0 Å². The molecule has 11 nitrogen and oxygen atoms in total. The molecule has 1 aromatic heterocycles. The Kier molecular flexibility index (Phi) is 13.5. The van der Waals surface area contributed by atoms with Crippen LogP contribution in [0.2, 0.25) is 0 Å². The van der Waals surface area contributed by atoms with E-state index >= 15 is 0 Å². The van der Waals surface area contributed by atoms with Gasteiger partial charge in [0.15, 0.2) is 0 Å². The smallest absolute Gasteiger partial charge is 0.407 e. The number of carbonyl (C=O) groups is 2. The van der Waals surface area contributed by atoms with Crippen LogP contribution in [0, 0.1) is 0 Å². The third-order valence-corrected chi connectivity index (χ3v) is 6.11. The summed E-state index contributed by atoms with van der Waals surface area (Å²) >= 11 is 3.35. The number of alkyl carbamates (subject to hydrolysis) is 1. The van der Waals surface area contributed by atoms with Crippen molar-refractivity contribution in [3.8, 4) is 11.8 Å². The van der Waals surface area contributed by atoms with Crippen LogP contribution in [0.15, 0.2) is 48.5 Å². The molecule has 0 atom stereocenters. The number of aromatic nitrogens is 3. The molecule has 1 heterocycles. The Labute approximate surface area is 261 Å². The number of unbranched alkanes of at least 4 members (excludes halogenated alkanes) is 1. The Morgan fingerprint density at radius 1 is 0.860 bits per heavy atom. The molecular weight excluding hydrogens is 616 g/mol. The summed E-state index contributed by atoms with van der Waals surface area (Å²) in [7, 11) is 0. The average Bonchev–Trinajstić information content (AvgIpc) is 2.97. The lowest BCUT2D eigenvalue weighted by atomic mass is 10.1. The van der Waals surface area contributed by atoms with Crippen LogP contribution in [-0.2, 0) is 17.7 Å². The summed E-state index contributed by atoms with van der Waals surface area (Å²) in [5.41, 5.74) is 2.04. The van der Waals surface area contributed by atoms with Crippen LogP contribution in [0.5, 0.6) is 11.8 Å². The Bertz CT molecular complexity index is 1300. The van der Waals surface area contributed by atoms with Crippen molar-refractivity contribution < 1.29 is 23.8 Å². The summed E-state index contributed by atoms with van der Waals surface area (Å²) in [4.78, 5) is 37.6. The molecule has 43 heavy (non-hydrogen) atoms. The number of nitrogens with zero attached hydrogens (tertiary/aromatic N) is 3. The summed E-state index contributed by atoms with van der Waals surface area (Å²) in [6, 6.07) is 15.4. The lowest BCUT2D eigenvalue weighted by molar-refractivity contribution is 0.0526. The number of nitrogens with one attached hydrogen (secondary N) is 3. The van der Waals surface area contributed by atoms with Gasteiger partial charge in [-0.1, -0.05) is 40.2 Å². The highest BCUT2D eigenvalue weighted by Crippen LogP contribution is 2.16. The van der Waals surface area contributed by atoms with Crippen LogP contribution in [-0.4, -0.2) is 64.2 Å². The fraction of sp³-hybridized carbons (Fsp3) is 0.452. The number of alkyl halides is 1. The highest BCUT2D eigenvalue weighted by molar-refractivity contribution is 9.09. The second-order valence-corrected chi connectivity index (χ2v) is 11.4. The van der Waals surface area contributed by atoms with E-state index in [1.54, 1.807) is 12.1 Å². The van der Waals surface area contributed by atoms with Gasteiger partial charge in [-0.05, 0) is 75.9 Å². The number of halogens is 1. The highest BCUT2D eigenvalue weighted by Gasteiger charge is 2.15. The minimum absolute atomic E-state index is 0.153. The maximum atomic E-state index is 12.6. The van der Waals surface area contributed by atoms with Gasteiger partial charge in [0.1, 0.15) is 17.2 Å². The normalized spacial score (nSPS) is 11.0. The summed E-state index contributed by atoms with van der Waals surface area (Å²) in [6.45, 7) is 9.90. The summed E-state index contributed by atoms with van der Waals surface area (Å²) in [6.07, 6.45) is 1.47. The molecule has 0 aliphatic heterocycles. The van der Waals surface area contributed by atoms with E-state index in [2.05, 4.69) is 46.8 Å². The molecule has 0 aliphatic carbocycles. The summed E-state index contributed by atoms with van der Waals surface area (Å²) in [5.74, 6) is 1.64. The van der Waals surface area contributed by atoms with Crippen molar-refractivity contribution in [2.75, 3.05) is 37.0 Å². The van der Waals surface area contributed by atoms with Gasteiger partial charge < -0.3 is 30.2 Å². The number of benzene rings is 2. The minimum atomic E-state index is -0.525. The molecule has 2 aromatic carbocycles. The number of hydrogen-bond acceptors (Lipinski definition) is 9. The lowest BCUT2D eigenvalue weighted by Crippen LogP contribution is -2.33. The Hall–Kier alpha value is -3.93. The first-order chi connectivity index (χ1) is 20.6. The summed E-state index contributed by atoms with van der Waals surface area (Å²) in [5, 5.41) is 9.65. The van der Waals surface area contributed by atoms with E-state index in [1.165, 1.54) is 0 Å².